The molecule has 3 aromatic carbocycles. The number of aliphatic carboxylic acids is 2. The summed E-state index contributed by atoms with van der Waals surface area (Å²) in [5, 5.41) is 16.3. The van der Waals surface area contributed by atoms with Crippen molar-refractivity contribution in [2.75, 3.05) is 26.2 Å². The van der Waals surface area contributed by atoms with Gasteiger partial charge in [-0.15, -0.1) is 0 Å². The van der Waals surface area contributed by atoms with E-state index in [4.69, 9.17) is 19.8 Å². The molecule has 0 amide bonds. The Balaban J connectivity index is 0.000000538. The minimum atomic E-state index is -2.07. The molecular weight excluding hydrogens is 452 g/mol. The Morgan fingerprint density at radius 1 is 0.833 bits per heavy atom. The number of quaternary nitrogens is 1. The fourth-order valence-corrected chi connectivity index (χ4v) is 4.40. The van der Waals surface area contributed by atoms with Crippen molar-refractivity contribution in [1.29, 1.82) is 0 Å². The summed E-state index contributed by atoms with van der Waals surface area (Å²) in [6, 6.07) is 32.6. The Kier molecular flexibility index (Phi) is 10.7. The van der Waals surface area contributed by atoms with E-state index in [1.807, 2.05) is 0 Å². The predicted molar refractivity (Wildman–Crippen MR) is 139 cm³/mol. The van der Waals surface area contributed by atoms with E-state index in [1.165, 1.54) is 48.4 Å². The van der Waals surface area contributed by atoms with Crippen LogP contribution in [0, 0.1) is 0 Å². The highest BCUT2D eigenvalue weighted by molar-refractivity contribution is 6.26. The molecule has 0 spiro atoms. The lowest BCUT2D eigenvalue weighted by Crippen LogP contribution is -3.09. The van der Waals surface area contributed by atoms with Gasteiger partial charge in [0.05, 0.1) is 13.1 Å². The third-order valence-corrected chi connectivity index (χ3v) is 6.19. The van der Waals surface area contributed by atoms with E-state index in [-0.39, 0.29) is 0 Å². The first-order chi connectivity index (χ1) is 17.5. The van der Waals surface area contributed by atoms with Crippen molar-refractivity contribution >= 4 is 18.0 Å². The summed E-state index contributed by atoms with van der Waals surface area (Å²) >= 11 is 0. The normalized spacial score (nSPS) is 15.8. The molecule has 6 nitrogen and oxygen atoms in total. The number of nitrogens with zero attached hydrogens (tertiary/aromatic N) is 1. The van der Waals surface area contributed by atoms with Crippen LogP contribution < -0.4 is 10.0 Å². The van der Waals surface area contributed by atoms with Gasteiger partial charge in [-0.2, -0.15) is 0 Å². The molecule has 1 heterocycles. The fraction of sp³-hybridized carbons (Fsp3) is 0.267. The van der Waals surface area contributed by atoms with E-state index in [0.29, 0.717) is 0 Å². The molecule has 0 saturated carbocycles. The molecule has 188 valence electrons. The number of aryl methyl sites for hydroxylation is 2. The molecule has 1 aliphatic heterocycles. The minimum absolute atomic E-state index is 1.13. The van der Waals surface area contributed by atoms with Gasteiger partial charge in [-0.1, -0.05) is 91.0 Å². The van der Waals surface area contributed by atoms with Gasteiger partial charge in [-0.25, -0.2) is 4.79 Å². The number of carbonyl (C=O) groups is 2. The van der Waals surface area contributed by atoms with Crippen LogP contribution in [0.2, 0.25) is 0 Å². The zero-order valence-corrected chi connectivity index (χ0v) is 20.5. The summed E-state index contributed by atoms with van der Waals surface area (Å²) in [4.78, 5) is 22.3. The molecule has 0 bridgehead atoms. The van der Waals surface area contributed by atoms with Crippen LogP contribution in [-0.4, -0.2) is 48.1 Å². The van der Waals surface area contributed by atoms with Crippen molar-refractivity contribution in [2.45, 2.75) is 25.7 Å². The second-order valence-corrected chi connectivity index (χ2v) is 8.80. The van der Waals surface area contributed by atoms with Crippen LogP contribution in [-0.2, 0) is 22.4 Å². The van der Waals surface area contributed by atoms with E-state index in [1.54, 1.807) is 4.90 Å². The molecular formula is C30H34N2O4. The summed E-state index contributed by atoms with van der Waals surface area (Å²) < 4.78 is 0. The lowest BCUT2D eigenvalue weighted by atomic mass is 10.1. The highest BCUT2D eigenvalue weighted by atomic mass is 16.4. The average Bonchev–Trinajstić information content (AvgIpc) is 3.27. The molecule has 3 aromatic rings. The second kappa shape index (κ2) is 14.5. The standard InChI is InChI=1S/C28H32N2.C2H2O4/c1-4-12-25(13-5-1)18-10-20-29-22-23-30(21-11-19-26-14-6-2-7-15-26)28(29)24-27-16-8-3-9-17-27;3-1(4)2(5)6/h1-9,12-17,24H,10-11,18-23H2;(H,3,4)(H,5,6). The van der Waals surface area contributed by atoms with Gasteiger partial charge in [-0.3, -0.25) is 4.90 Å². The Labute approximate surface area is 213 Å². The van der Waals surface area contributed by atoms with E-state index in [9.17, 15) is 0 Å². The van der Waals surface area contributed by atoms with Crippen LogP contribution in [0.4, 0.5) is 0 Å². The molecule has 0 aliphatic carbocycles. The number of rotatable bonds is 9. The first-order valence-electron chi connectivity index (χ1n) is 12.4. The minimum Gasteiger partial charge on any atom is -0.539 e. The van der Waals surface area contributed by atoms with Crippen molar-refractivity contribution in [3.8, 4) is 0 Å². The fourth-order valence-electron chi connectivity index (χ4n) is 4.40. The molecule has 1 aliphatic rings. The molecule has 0 aromatic heterocycles. The number of carboxylic acids is 2. The van der Waals surface area contributed by atoms with Crippen LogP contribution in [0.5, 0.6) is 0 Å². The van der Waals surface area contributed by atoms with Crippen LogP contribution in [0.15, 0.2) is 96.8 Å². The molecule has 1 saturated heterocycles. The highest BCUT2D eigenvalue weighted by Gasteiger charge is 2.29. The highest BCUT2D eigenvalue weighted by Crippen LogP contribution is 2.12. The lowest BCUT2D eigenvalue weighted by molar-refractivity contribution is -0.852. The SMILES string of the molecule is C(=C1\N(CCCc2ccccc2)CC[NH+]1CCCc1ccccc1)/c1ccccc1.O=C([O-])C(=O)O. The predicted octanol–water partition coefficient (Wildman–Crippen LogP) is 2.27. The third kappa shape index (κ3) is 9.04. The second-order valence-electron chi connectivity index (χ2n) is 8.80. The van der Waals surface area contributed by atoms with E-state index < -0.39 is 11.9 Å². The summed E-state index contributed by atoms with van der Waals surface area (Å²) in [5.74, 6) is -2.53. The summed E-state index contributed by atoms with van der Waals surface area (Å²) in [5.41, 5.74) is 4.20. The smallest absolute Gasteiger partial charge is 0.351 e. The van der Waals surface area contributed by atoms with Gasteiger partial charge in [0.25, 0.3) is 0 Å². The Morgan fingerprint density at radius 2 is 1.33 bits per heavy atom. The first kappa shape index (κ1) is 26.7. The van der Waals surface area contributed by atoms with Gasteiger partial charge in [-0.05, 0) is 36.0 Å². The zero-order valence-electron chi connectivity index (χ0n) is 20.5. The average molecular weight is 487 g/mol. The van der Waals surface area contributed by atoms with E-state index in [0.717, 1.165) is 25.9 Å². The van der Waals surface area contributed by atoms with Gasteiger partial charge in [0.1, 0.15) is 6.54 Å². The Bertz CT molecular complexity index is 1030. The van der Waals surface area contributed by atoms with Gasteiger partial charge in [0, 0.05) is 19.0 Å². The molecule has 1 unspecified atom stereocenters. The maximum Gasteiger partial charge on any atom is 0.351 e. The van der Waals surface area contributed by atoms with Crippen LogP contribution >= 0.6 is 0 Å². The maximum atomic E-state index is 9.04. The van der Waals surface area contributed by atoms with Crippen LogP contribution in [0.1, 0.15) is 29.5 Å². The zero-order chi connectivity index (χ0) is 25.6. The number of benzene rings is 3. The maximum absolute atomic E-state index is 9.04. The number of hydrogen-bond donors (Lipinski definition) is 2. The van der Waals surface area contributed by atoms with Crippen molar-refractivity contribution in [3.05, 3.63) is 114 Å². The lowest BCUT2D eigenvalue weighted by Gasteiger charge is -2.20. The molecule has 2 N–H and O–H groups in total. The van der Waals surface area contributed by atoms with Crippen LogP contribution in [0.3, 0.4) is 0 Å². The van der Waals surface area contributed by atoms with Crippen LogP contribution in [0.25, 0.3) is 6.08 Å². The molecule has 0 radical (unpaired) electrons. The first-order valence-corrected chi connectivity index (χ1v) is 12.4. The number of carbonyl (C=O) groups excluding carboxylic acids is 1. The van der Waals surface area contributed by atoms with Gasteiger partial charge >= 0.3 is 5.97 Å². The van der Waals surface area contributed by atoms with Crippen molar-refractivity contribution < 1.29 is 24.7 Å². The molecule has 4 rings (SSSR count). The van der Waals surface area contributed by atoms with E-state index >= 15 is 0 Å². The van der Waals surface area contributed by atoms with Crippen molar-refractivity contribution in [3.63, 3.8) is 0 Å². The topological polar surface area (TPSA) is 85.1 Å². The van der Waals surface area contributed by atoms with Gasteiger partial charge in [0.2, 0.25) is 5.82 Å². The van der Waals surface area contributed by atoms with Gasteiger partial charge < -0.3 is 19.9 Å². The molecule has 1 fully saturated rings. The number of hydrogen-bond acceptors (Lipinski definition) is 4. The Morgan fingerprint density at radius 3 is 1.86 bits per heavy atom. The Hall–Kier alpha value is -3.90. The summed E-state index contributed by atoms with van der Waals surface area (Å²) in [7, 11) is 0. The van der Waals surface area contributed by atoms with Crippen molar-refractivity contribution in [1.82, 2.24) is 4.90 Å². The monoisotopic (exact) mass is 486 g/mol. The quantitative estimate of drug-likeness (QED) is 0.454. The molecule has 1 atom stereocenters. The molecule has 36 heavy (non-hydrogen) atoms. The summed E-state index contributed by atoms with van der Waals surface area (Å²) in [6.45, 7) is 4.70. The number of nitrogens with one attached hydrogen (secondary N) is 1. The summed E-state index contributed by atoms with van der Waals surface area (Å²) in [6.07, 6.45) is 7.15. The van der Waals surface area contributed by atoms with Gasteiger partial charge in [0.15, 0.2) is 5.97 Å². The number of carboxylic acid groups (broad SMARTS) is 2. The van der Waals surface area contributed by atoms with E-state index in [2.05, 4.69) is 102 Å². The van der Waals surface area contributed by atoms with Crippen molar-refractivity contribution in [2.24, 2.45) is 0 Å². The largest absolute Gasteiger partial charge is 0.539 e. The third-order valence-electron chi connectivity index (χ3n) is 6.19. The molecule has 6 heteroatoms.